The molecule has 0 fully saturated rings. The van der Waals surface area contributed by atoms with Gasteiger partial charge in [-0.05, 0) is 20.8 Å². The Morgan fingerprint density at radius 3 is 2.45 bits per heavy atom. The molecule has 0 atom stereocenters. The summed E-state index contributed by atoms with van der Waals surface area (Å²) in [4.78, 5) is 4.51. The number of hydrogen-bond acceptors (Lipinski definition) is 4. The SMILES string of the molecule is CCNC(=NCc1c(C)nn(C)c1C)NCCS(=O)(=O)CC. The van der Waals surface area contributed by atoms with Crippen molar-refractivity contribution in [1.29, 1.82) is 0 Å². The molecule has 1 aromatic heterocycles. The molecular weight excluding hydrogens is 302 g/mol. The fourth-order valence-electron chi connectivity index (χ4n) is 2.02. The molecule has 0 bridgehead atoms. The molecule has 7 nitrogen and oxygen atoms in total. The highest BCUT2D eigenvalue weighted by Crippen LogP contribution is 2.12. The summed E-state index contributed by atoms with van der Waals surface area (Å²) in [6.45, 7) is 9.19. The number of nitrogens with zero attached hydrogens (tertiary/aromatic N) is 3. The van der Waals surface area contributed by atoms with Gasteiger partial charge in [0.25, 0.3) is 0 Å². The van der Waals surface area contributed by atoms with Crippen LogP contribution < -0.4 is 10.6 Å². The van der Waals surface area contributed by atoms with Crippen molar-refractivity contribution in [2.75, 3.05) is 24.6 Å². The zero-order valence-electron chi connectivity index (χ0n) is 14.1. The lowest BCUT2D eigenvalue weighted by Crippen LogP contribution is -2.39. The molecule has 0 unspecified atom stereocenters. The van der Waals surface area contributed by atoms with Crippen molar-refractivity contribution >= 4 is 15.8 Å². The van der Waals surface area contributed by atoms with Crippen LogP contribution in [0.3, 0.4) is 0 Å². The maximum Gasteiger partial charge on any atom is 0.191 e. The van der Waals surface area contributed by atoms with Gasteiger partial charge in [0, 0.05) is 37.1 Å². The molecule has 1 rings (SSSR count). The molecule has 126 valence electrons. The summed E-state index contributed by atoms with van der Waals surface area (Å²) in [5.41, 5.74) is 3.15. The first-order valence-electron chi connectivity index (χ1n) is 7.52. The van der Waals surface area contributed by atoms with Gasteiger partial charge >= 0.3 is 0 Å². The highest BCUT2D eigenvalue weighted by Gasteiger charge is 2.10. The van der Waals surface area contributed by atoms with Crippen LogP contribution >= 0.6 is 0 Å². The van der Waals surface area contributed by atoms with Gasteiger partial charge in [-0.25, -0.2) is 13.4 Å². The van der Waals surface area contributed by atoms with Crippen LogP contribution in [0.1, 0.15) is 30.8 Å². The number of guanidine groups is 1. The summed E-state index contributed by atoms with van der Waals surface area (Å²) >= 11 is 0. The number of aliphatic imine (C=N–C) groups is 1. The van der Waals surface area contributed by atoms with Gasteiger partial charge in [-0.2, -0.15) is 5.10 Å². The van der Waals surface area contributed by atoms with E-state index in [0.29, 0.717) is 19.0 Å². The third-order valence-corrected chi connectivity index (χ3v) is 5.25. The van der Waals surface area contributed by atoms with Crippen molar-refractivity contribution in [3.8, 4) is 0 Å². The van der Waals surface area contributed by atoms with E-state index in [9.17, 15) is 8.42 Å². The Morgan fingerprint density at radius 1 is 1.27 bits per heavy atom. The first kappa shape index (κ1) is 18.5. The monoisotopic (exact) mass is 329 g/mol. The Kier molecular flexibility index (Phi) is 6.86. The topological polar surface area (TPSA) is 88.4 Å². The molecule has 0 spiro atoms. The molecule has 0 radical (unpaired) electrons. The molecule has 0 aliphatic carbocycles. The second-order valence-corrected chi connectivity index (χ2v) is 7.60. The second kappa shape index (κ2) is 8.17. The maximum absolute atomic E-state index is 11.5. The highest BCUT2D eigenvalue weighted by atomic mass is 32.2. The van der Waals surface area contributed by atoms with E-state index < -0.39 is 9.84 Å². The zero-order valence-corrected chi connectivity index (χ0v) is 14.9. The Hall–Kier alpha value is -1.57. The average molecular weight is 329 g/mol. The van der Waals surface area contributed by atoms with Crippen LogP contribution in [-0.4, -0.2) is 48.8 Å². The number of rotatable bonds is 7. The van der Waals surface area contributed by atoms with E-state index in [1.807, 2.05) is 32.5 Å². The molecule has 1 aromatic rings. The van der Waals surface area contributed by atoms with Crippen LogP contribution in [0.4, 0.5) is 0 Å². The van der Waals surface area contributed by atoms with Gasteiger partial charge in [0.15, 0.2) is 15.8 Å². The van der Waals surface area contributed by atoms with E-state index >= 15 is 0 Å². The van der Waals surface area contributed by atoms with E-state index in [1.54, 1.807) is 6.92 Å². The van der Waals surface area contributed by atoms with Gasteiger partial charge < -0.3 is 10.6 Å². The van der Waals surface area contributed by atoms with Crippen LogP contribution in [-0.2, 0) is 23.4 Å². The largest absolute Gasteiger partial charge is 0.357 e. The molecule has 0 aliphatic heterocycles. The molecule has 0 aliphatic rings. The van der Waals surface area contributed by atoms with Gasteiger partial charge in [-0.3, -0.25) is 4.68 Å². The quantitative estimate of drug-likeness (QED) is 0.563. The molecule has 0 aromatic carbocycles. The number of aromatic nitrogens is 2. The van der Waals surface area contributed by atoms with Crippen LogP contribution in [0.5, 0.6) is 0 Å². The molecular formula is C14H27N5O2S. The summed E-state index contributed by atoms with van der Waals surface area (Å²) in [6.07, 6.45) is 0. The normalized spacial score (nSPS) is 12.5. The molecule has 0 saturated carbocycles. The van der Waals surface area contributed by atoms with Gasteiger partial charge in [-0.1, -0.05) is 6.92 Å². The minimum Gasteiger partial charge on any atom is -0.357 e. The fourth-order valence-corrected chi connectivity index (χ4v) is 2.72. The highest BCUT2D eigenvalue weighted by molar-refractivity contribution is 7.91. The molecule has 22 heavy (non-hydrogen) atoms. The Labute approximate surface area is 133 Å². The zero-order chi connectivity index (χ0) is 16.8. The van der Waals surface area contributed by atoms with E-state index in [-0.39, 0.29) is 11.5 Å². The number of aryl methyl sites for hydroxylation is 2. The fraction of sp³-hybridized carbons (Fsp3) is 0.714. The van der Waals surface area contributed by atoms with Crippen molar-refractivity contribution in [2.24, 2.45) is 12.0 Å². The number of hydrogen-bond donors (Lipinski definition) is 2. The standard InChI is InChI=1S/C14H27N5O2S/c1-6-15-14(16-8-9-22(20,21)7-2)17-10-13-11(3)18-19(5)12(13)4/h6-10H2,1-5H3,(H2,15,16,17). The lowest BCUT2D eigenvalue weighted by molar-refractivity contribution is 0.595. The smallest absolute Gasteiger partial charge is 0.191 e. The van der Waals surface area contributed by atoms with E-state index in [4.69, 9.17) is 0 Å². The Morgan fingerprint density at radius 2 is 1.95 bits per heavy atom. The van der Waals surface area contributed by atoms with Crippen LogP contribution in [0, 0.1) is 13.8 Å². The third kappa shape index (κ3) is 5.32. The van der Waals surface area contributed by atoms with Gasteiger partial charge in [0.2, 0.25) is 0 Å². The second-order valence-electron chi connectivity index (χ2n) is 5.13. The number of sulfone groups is 1. The first-order valence-corrected chi connectivity index (χ1v) is 9.34. The van der Waals surface area contributed by atoms with Gasteiger partial charge in [0.05, 0.1) is 18.0 Å². The minimum atomic E-state index is -2.97. The van der Waals surface area contributed by atoms with Crippen molar-refractivity contribution in [3.63, 3.8) is 0 Å². The average Bonchev–Trinajstić information content (AvgIpc) is 2.70. The molecule has 1 heterocycles. The van der Waals surface area contributed by atoms with Crippen LogP contribution in [0.15, 0.2) is 4.99 Å². The summed E-state index contributed by atoms with van der Waals surface area (Å²) < 4.78 is 24.8. The first-order chi connectivity index (χ1) is 10.3. The predicted molar refractivity (Wildman–Crippen MR) is 89.8 cm³/mol. The predicted octanol–water partition coefficient (Wildman–Crippen LogP) is 0.527. The Balaban J connectivity index is 2.70. The van der Waals surface area contributed by atoms with E-state index in [0.717, 1.165) is 23.5 Å². The lowest BCUT2D eigenvalue weighted by atomic mass is 10.2. The van der Waals surface area contributed by atoms with E-state index in [2.05, 4.69) is 20.7 Å². The summed E-state index contributed by atoms with van der Waals surface area (Å²) in [5.74, 6) is 0.895. The maximum atomic E-state index is 11.5. The van der Waals surface area contributed by atoms with Crippen molar-refractivity contribution in [1.82, 2.24) is 20.4 Å². The minimum absolute atomic E-state index is 0.110. The summed E-state index contributed by atoms with van der Waals surface area (Å²) in [5, 5.41) is 10.5. The van der Waals surface area contributed by atoms with Crippen LogP contribution in [0.2, 0.25) is 0 Å². The number of nitrogens with one attached hydrogen (secondary N) is 2. The summed E-state index contributed by atoms with van der Waals surface area (Å²) in [7, 11) is -1.05. The van der Waals surface area contributed by atoms with Crippen LogP contribution in [0.25, 0.3) is 0 Å². The van der Waals surface area contributed by atoms with Crippen molar-refractivity contribution in [3.05, 3.63) is 17.0 Å². The van der Waals surface area contributed by atoms with Crippen molar-refractivity contribution < 1.29 is 8.42 Å². The summed E-state index contributed by atoms with van der Waals surface area (Å²) in [6, 6.07) is 0. The molecule has 2 N–H and O–H groups in total. The van der Waals surface area contributed by atoms with Crippen molar-refractivity contribution in [2.45, 2.75) is 34.2 Å². The van der Waals surface area contributed by atoms with Gasteiger partial charge in [0.1, 0.15) is 0 Å². The Bertz CT molecular complexity index is 619. The third-order valence-electron chi connectivity index (χ3n) is 3.54. The molecule has 0 saturated heterocycles. The molecule has 0 amide bonds. The van der Waals surface area contributed by atoms with Gasteiger partial charge in [-0.15, -0.1) is 0 Å². The molecule has 8 heteroatoms. The lowest BCUT2D eigenvalue weighted by Gasteiger charge is -2.11. The van der Waals surface area contributed by atoms with E-state index in [1.165, 1.54) is 0 Å².